The molecule has 35 heavy (non-hydrogen) atoms. The molecule has 0 radical (unpaired) electrons. The van der Waals surface area contributed by atoms with Gasteiger partial charge in [0.1, 0.15) is 11.6 Å². The van der Waals surface area contributed by atoms with Gasteiger partial charge in [0.2, 0.25) is 17.7 Å². The molecule has 0 aromatic heterocycles. The number of hydrogen-bond donors (Lipinski definition) is 2. The first-order valence-electron chi connectivity index (χ1n) is 12.4. The molecule has 3 fully saturated rings. The predicted molar refractivity (Wildman–Crippen MR) is 134 cm³/mol. The smallest absolute Gasteiger partial charge is 0.246 e. The first-order chi connectivity index (χ1) is 16.8. The summed E-state index contributed by atoms with van der Waals surface area (Å²) in [5, 5.41) is 6.69. The van der Waals surface area contributed by atoms with Gasteiger partial charge < -0.3 is 20.3 Å². The molecule has 1 aromatic carbocycles. The molecule has 1 aliphatic carbocycles. The molecule has 8 heteroatoms. The lowest BCUT2D eigenvalue weighted by Gasteiger charge is -2.37. The van der Waals surface area contributed by atoms with Crippen molar-refractivity contribution in [3.63, 3.8) is 0 Å². The van der Waals surface area contributed by atoms with Gasteiger partial charge in [0.25, 0.3) is 0 Å². The Hall–Kier alpha value is -2.64. The van der Waals surface area contributed by atoms with E-state index >= 15 is 0 Å². The van der Waals surface area contributed by atoms with Crippen molar-refractivity contribution in [3.8, 4) is 0 Å². The van der Waals surface area contributed by atoms with E-state index in [1.807, 2.05) is 12.2 Å². The summed E-state index contributed by atoms with van der Waals surface area (Å²) in [6.07, 6.45) is 7.83. The standard InChI is InChI=1S/C27H32ClN3O4/c1-4-14-31-23(25(33)30-19-7-5-6-15(2)16(19)3)27-13-12-20(35-27)21(22(27)26(31)34)24(32)29-18-10-8-17(28)9-11-18/h4,8-13,15-16,19-23H,1,5-7,14H2,2-3H3,(H,29,32)(H,30,33)/t15?,16?,19?,20-,21?,22-,23?,27?/m0/s1. The number of nitrogens with zero attached hydrogens (tertiary/aromatic N) is 1. The number of carbonyl (C=O) groups excluding carboxylic acids is 3. The summed E-state index contributed by atoms with van der Waals surface area (Å²) in [7, 11) is 0. The molecule has 3 heterocycles. The van der Waals surface area contributed by atoms with Crippen molar-refractivity contribution < 1.29 is 19.1 Å². The van der Waals surface area contributed by atoms with Gasteiger partial charge in [-0.3, -0.25) is 14.4 Å². The van der Waals surface area contributed by atoms with Crippen molar-refractivity contribution in [2.24, 2.45) is 23.7 Å². The number of halogens is 1. The van der Waals surface area contributed by atoms with E-state index in [0.717, 1.165) is 19.3 Å². The Balaban J connectivity index is 1.42. The van der Waals surface area contributed by atoms with E-state index in [1.165, 1.54) is 4.90 Å². The van der Waals surface area contributed by atoms with Crippen LogP contribution in [0.15, 0.2) is 49.1 Å². The lowest BCUT2D eigenvalue weighted by molar-refractivity contribution is -0.141. The maximum Gasteiger partial charge on any atom is 0.246 e. The highest BCUT2D eigenvalue weighted by Gasteiger charge is 2.72. The third-order valence-electron chi connectivity index (χ3n) is 8.40. The van der Waals surface area contributed by atoms with E-state index in [2.05, 4.69) is 31.1 Å². The molecule has 8 atom stereocenters. The first-order valence-corrected chi connectivity index (χ1v) is 12.8. The number of likely N-dealkylation sites (tertiary alicyclic amines) is 1. The van der Waals surface area contributed by atoms with Gasteiger partial charge in [0.15, 0.2) is 0 Å². The second-order valence-corrected chi connectivity index (χ2v) is 10.8. The number of nitrogens with one attached hydrogen (secondary N) is 2. The van der Waals surface area contributed by atoms with Crippen LogP contribution < -0.4 is 10.6 Å². The molecular weight excluding hydrogens is 466 g/mol. The van der Waals surface area contributed by atoms with E-state index in [0.29, 0.717) is 22.5 Å². The summed E-state index contributed by atoms with van der Waals surface area (Å²) < 4.78 is 6.34. The largest absolute Gasteiger partial charge is 0.359 e. The van der Waals surface area contributed by atoms with Crippen LogP contribution in [0.25, 0.3) is 0 Å². The topological polar surface area (TPSA) is 87.7 Å². The molecule has 1 aromatic rings. The van der Waals surface area contributed by atoms with E-state index in [4.69, 9.17) is 16.3 Å². The summed E-state index contributed by atoms with van der Waals surface area (Å²) in [6, 6.07) is 6.00. The van der Waals surface area contributed by atoms with Gasteiger partial charge in [-0.05, 0) is 42.5 Å². The molecule has 3 aliphatic heterocycles. The quantitative estimate of drug-likeness (QED) is 0.588. The Labute approximate surface area is 210 Å². The van der Waals surface area contributed by atoms with Crippen molar-refractivity contribution >= 4 is 35.0 Å². The van der Waals surface area contributed by atoms with Crippen LogP contribution in [0.3, 0.4) is 0 Å². The number of fused-ring (bicyclic) bond motifs is 1. The van der Waals surface area contributed by atoms with Gasteiger partial charge in [0.05, 0.1) is 17.9 Å². The number of amides is 3. The molecule has 186 valence electrons. The highest BCUT2D eigenvalue weighted by Crippen LogP contribution is 2.55. The number of carbonyl (C=O) groups is 3. The van der Waals surface area contributed by atoms with Gasteiger partial charge in [-0.25, -0.2) is 0 Å². The molecule has 1 spiro atoms. The van der Waals surface area contributed by atoms with Gasteiger partial charge in [-0.2, -0.15) is 0 Å². The van der Waals surface area contributed by atoms with Crippen molar-refractivity contribution in [2.75, 3.05) is 11.9 Å². The average Bonchev–Trinajstić information content (AvgIpc) is 3.46. The Kier molecular flexibility index (Phi) is 6.26. The van der Waals surface area contributed by atoms with Gasteiger partial charge in [-0.15, -0.1) is 6.58 Å². The molecule has 2 bridgehead atoms. The molecular formula is C27H32ClN3O4. The second kappa shape index (κ2) is 9.10. The minimum atomic E-state index is -1.17. The minimum absolute atomic E-state index is 0.0500. The van der Waals surface area contributed by atoms with Crippen molar-refractivity contribution in [1.82, 2.24) is 10.2 Å². The Morgan fingerprint density at radius 2 is 1.97 bits per heavy atom. The van der Waals surface area contributed by atoms with Crippen molar-refractivity contribution in [2.45, 2.75) is 56.9 Å². The van der Waals surface area contributed by atoms with Crippen LogP contribution >= 0.6 is 11.6 Å². The lowest BCUT2D eigenvalue weighted by Crippen LogP contribution is -2.57. The predicted octanol–water partition coefficient (Wildman–Crippen LogP) is 3.56. The second-order valence-electron chi connectivity index (χ2n) is 10.4. The number of hydrogen-bond acceptors (Lipinski definition) is 4. The van der Waals surface area contributed by atoms with E-state index < -0.39 is 29.6 Å². The lowest BCUT2D eigenvalue weighted by atomic mass is 9.73. The molecule has 5 rings (SSSR count). The van der Waals surface area contributed by atoms with Gasteiger partial charge in [0, 0.05) is 23.3 Å². The maximum atomic E-state index is 13.8. The number of ether oxygens (including phenoxy) is 1. The molecule has 2 saturated heterocycles. The van der Waals surface area contributed by atoms with Crippen LogP contribution in [0, 0.1) is 23.7 Å². The number of benzene rings is 1. The van der Waals surface area contributed by atoms with Crippen molar-refractivity contribution in [3.05, 3.63) is 54.1 Å². The number of rotatable bonds is 6. The monoisotopic (exact) mass is 497 g/mol. The minimum Gasteiger partial charge on any atom is -0.359 e. The summed E-state index contributed by atoms with van der Waals surface area (Å²) in [5.74, 6) is -1.42. The van der Waals surface area contributed by atoms with E-state index in [9.17, 15) is 14.4 Å². The SMILES string of the molecule is C=CCN1C(=O)[C@@H]2C(C(=O)Nc3ccc(Cl)cc3)[C@@H]3C=CC2(O3)C1C(=O)NC1CCCC(C)C1C. The zero-order chi connectivity index (χ0) is 24.9. The molecule has 7 nitrogen and oxygen atoms in total. The van der Waals surface area contributed by atoms with E-state index in [1.54, 1.807) is 30.3 Å². The molecule has 2 N–H and O–H groups in total. The Morgan fingerprint density at radius 1 is 1.23 bits per heavy atom. The third-order valence-corrected chi connectivity index (χ3v) is 8.65. The molecule has 1 saturated carbocycles. The highest BCUT2D eigenvalue weighted by molar-refractivity contribution is 6.30. The first kappa shape index (κ1) is 24.1. The van der Waals surface area contributed by atoms with Crippen LogP contribution in [0.5, 0.6) is 0 Å². The Bertz CT molecular complexity index is 1070. The zero-order valence-corrected chi connectivity index (χ0v) is 20.8. The third kappa shape index (κ3) is 3.89. The summed E-state index contributed by atoms with van der Waals surface area (Å²) in [6.45, 7) is 8.38. The van der Waals surface area contributed by atoms with Gasteiger partial charge >= 0.3 is 0 Å². The summed E-state index contributed by atoms with van der Waals surface area (Å²) >= 11 is 5.96. The van der Waals surface area contributed by atoms with Crippen molar-refractivity contribution in [1.29, 1.82) is 0 Å². The van der Waals surface area contributed by atoms with Crippen LogP contribution in [0.2, 0.25) is 5.02 Å². The van der Waals surface area contributed by atoms with Crippen LogP contribution in [-0.4, -0.2) is 53.0 Å². The molecule has 4 aliphatic rings. The number of anilines is 1. The molecule has 3 amide bonds. The van der Waals surface area contributed by atoms with Crippen LogP contribution in [0.1, 0.15) is 33.1 Å². The van der Waals surface area contributed by atoms with E-state index in [-0.39, 0.29) is 30.3 Å². The fraction of sp³-hybridized carbons (Fsp3) is 0.519. The normalized spacial score (nSPS) is 37.3. The van der Waals surface area contributed by atoms with Crippen LogP contribution in [-0.2, 0) is 19.1 Å². The fourth-order valence-corrected chi connectivity index (χ4v) is 6.54. The summed E-state index contributed by atoms with van der Waals surface area (Å²) in [4.78, 5) is 42.3. The fourth-order valence-electron chi connectivity index (χ4n) is 6.41. The molecule has 6 unspecified atom stereocenters. The maximum absolute atomic E-state index is 13.8. The Morgan fingerprint density at radius 3 is 2.69 bits per heavy atom. The highest BCUT2D eigenvalue weighted by atomic mass is 35.5. The average molecular weight is 498 g/mol. The van der Waals surface area contributed by atoms with Crippen LogP contribution in [0.4, 0.5) is 5.69 Å². The zero-order valence-electron chi connectivity index (χ0n) is 20.1. The summed E-state index contributed by atoms with van der Waals surface area (Å²) in [5.41, 5.74) is -0.580. The van der Waals surface area contributed by atoms with Gasteiger partial charge in [-0.1, -0.05) is 56.5 Å².